The van der Waals surface area contributed by atoms with E-state index in [0.717, 1.165) is 18.1 Å². The number of benzene rings is 2. The second kappa shape index (κ2) is 5.78. The highest BCUT2D eigenvalue weighted by Gasteiger charge is 2.54. The SMILES string of the molecule is Cc1ccc(F)c(F)c1[C@H]1NCCC[C@]12C(=O)Nc1cc(Cl)ccc12. The summed E-state index contributed by atoms with van der Waals surface area (Å²) in [6.07, 6.45) is 1.32. The summed E-state index contributed by atoms with van der Waals surface area (Å²) in [5.41, 5.74) is 1.28. The van der Waals surface area contributed by atoms with Crippen molar-refractivity contribution in [2.24, 2.45) is 0 Å². The number of amides is 1. The second-order valence-corrected chi connectivity index (χ2v) is 7.13. The molecular formula is C19H17ClF2N2O. The van der Waals surface area contributed by atoms with Crippen molar-refractivity contribution < 1.29 is 13.6 Å². The van der Waals surface area contributed by atoms with E-state index in [9.17, 15) is 13.6 Å². The molecule has 4 rings (SSSR count). The Labute approximate surface area is 149 Å². The molecule has 1 fully saturated rings. The normalized spacial score (nSPS) is 25.1. The van der Waals surface area contributed by atoms with Gasteiger partial charge in [0.15, 0.2) is 11.6 Å². The molecule has 0 radical (unpaired) electrons. The molecule has 25 heavy (non-hydrogen) atoms. The minimum atomic E-state index is -0.975. The molecule has 0 unspecified atom stereocenters. The Bertz CT molecular complexity index is 886. The summed E-state index contributed by atoms with van der Waals surface area (Å²) in [6, 6.07) is 7.26. The zero-order chi connectivity index (χ0) is 17.8. The molecule has 6 heteroatoms. The van der Waals surface area contributed by atoms with Gasteiger partial charge in [0.1, 0.15) is 0 Å². The summed E-state index contributed by atoms with van der Waals surface area (Å²) in [4.78, 5) is 13.0. The highest BCUT2D eigenvalue weighted by molar-refractivity contribution is 6.31. The van der Waals surface area contributed by atoms with E-state index in [0.29, 0.717) is 29.2 Å². The van der Waals surface area contributed by atoms with E-state index in [1.165, 1.54) is 0 Å². The number of aryl methyl sites for hydroxylation is 1. The first-order chi connectivity index (χ1) is 11.9. The number of carbonyl (C=O) groups is 1. The Kier molecular flexibility index (Phi) is 3.81. The Balaban J connectivity index is 1.95. The van der Waals surface area contributed by atoms with Crippen LogP contribution in [-0.4, -0.2) is 12.5 Å². The monoisotopic (exact) mass is 362 g/mol. The number of hydrogen-bond acceptors (Lipinski definition) is 2. The van der Waals surface area contributed by atoms with Gasteiger partial charge in [-0.05, 0) is 55.6 Å². The van der Waals surface area contributed by atoms with Gasteiger partial charge in [-0.1, -0.05) is 23.7 Å². The Hall–Kier alpha value is -1.98. The van der Waals surface area contributed by atoms with Crippen molar-refractivity contribution in [1.82, 2.24) is 5.32 Å². The first kappa shape index (κ1) is 16.5. The van der Waals surface area contributed by atoms with E-state index in [1.54, 1.807) is 25.1 Å². The summed E-state index contributed by atoms with van der Waals surface area (Å²) < 4.78 is 28.6. The van der Waals surface area contributed by atoms with Gasteiger partial charge in [-0.25, -0.2) is 8.78 Å². The van der Waals surface area contributed by atoms with Crippen LogP contribution in [0.1, 0.15) is 35.6 Å². The number of piperidine rings is 1. The Morgan fingerprint density at radius 2 is 2.04 bits per heavy atom. The number of anilines is 1. The Morgan fingerprint density at radius 3 is 2.84 bits per heavy atom. The fourth-order valence-corrected chi connectivity index (χ4v) is 4.37. The molecule has 2 atom stereocenters. The summed E-state index contributed by atoms with van der Waals surface area (Å²) in [5, 5.41) is 6.65. The van der Waals surface area contributed by atoms with Crippen molar-refractivity contribution in [2.45, 2.75) is 31.2 Å². The third-order valence-electron chi connectivity index (χ3n) is 5.34. The third-order valence-corrected chi connectivity index (χ3v) is 5.58. The first-order valence-corrected chi connectivity index (χ1v) is 8.62. The maximum atomic E-state index is 14.7. The van der Waals surface area contributed by atoms with Crippen LogP contribution in [0.2, 0.25) is 5.02 Å². The smallest absolute Gasteiger partial charge is 0.237 e. The molecule has 3 nitrogen and oxygen atoms in total. The third kappa shape index (κ3) is 2.29. The van der Waals surface area contributed by atoms with Crippen LogP contribution in [0, 0.1) is 18.6 Å². The number of carbonyl (C=O) groups excluding carboxylic acids is 1. The number of halogens is 3. The van der Waals surface area contributed by atoms with E-state index in [-0.39, 0.29) is 11.5 Å². The van der Waals surface area contributed by atoms with Crippen LogP contribution in [0.4, 0.5) is 14.5 Å². The van der Waals surface area contributed by atoms with E-state index in [1.807, 2.05) is 6.07 Å². The molecule has 0 bridgehead atoms. The number of hydrogen-bond donors (Lipinski definition) is 2. The van der Waals surface area contributed by atoms with E-state index >= 15 is 0 Å². The lowest BCUT2D eigenvalue weighted by Crippen LogP contribution is -2.51. The van der Waals surface area contributed by atoms with Crippen LogP contribution >= 0.6 is 11.6 Å². The summed E-state index contributed by atoms with van der Waals surface area (Å²) in [7, 11) is 0. The highest BCUT2D eigenvalue weighted by atomic mass is 35.5. The fourth-order valence-electron chi connectivity index (χ4n) is 4.20. The van der Waals surface area contributed by atoms with Crippen LogP contribution < -0.4 is 10.6 Å². The first-order valence-electron chi connectivity index (χ1n) is 8.24. The topological polar surface area (TPSA) is 41.1 Å². The van der Waals surface area contributed by atoms with Gasteiger partial charge in [-0.3, -0.25) is 4.79 Å². The van der Waals surface area contributed by atoms with Crippen LogP contribution in [0.3, 0.4) is 0 Å². The molecule has 130 valence electrons. The van der Waals surface area contributed by atoms with Crippen molar-refractivity contribution in [3.8, 4) is 0 Å². The van der Waals surface area contributed by atoms with Crippen molar-refractivity contribution in [3.05, 3.63) is 63.7 Å². The van der Waals surface area contributed by atoms with Gasteiger partial charge in [0.2, 0.25) is 5.91 Å². The zero-order valence-electron chi connectivity index (χ0n) is 13.6. The molecule has 0 aromatic heterocycles. The van der Waals surface area contributed by atoms with Crippen LogP contribution in [0.5, 0.6) is 0 Å². The van der Waals surface area contributed by atoms with Crippen molar-refractivity contribution >= 4 is 23.2 Å². The summed E-state index contributed by atoms with van der Waals surface area (Å²) >= 11 is 6.05. The largest absolute Gasteiger partial charge is 0.325 e. The van der Waals surface area contributed by atoms with Gasteiger partial charge in [-0.15, -0.1) is 0 Å². The van der Waals surface area contributed by atoms with Crippen molar-refractivity contribution in [3.63, 3.8) is 0 Å². The second-order valence-electron chi connectivity index (χ2n) is 6.70. The Morgan fingerprint density at radius 1 is 1.24 bits per heavy atom. The van der Waals surface area contributed by atoms with Crippen molar-refractivity contribution in [1.29, 1.82) is 0 Å². The maximum absolute atomic E-state index is 14.7. The molecule has 2 aliphatic heterocycles. The average molecular weight is 363 g/mol. The molecule has 0 saturated carbocycles. The van der Waals surface area contributed by atoms with Crippen LogP contribution in [0.15, 0.2) is 30.3 Å². The predicted molar refractivity (Wildman–Crippen MR) is 92.8 cm³/mol. The highest BCUT2D eigenvalue weighted by Crippen LogP contribution is 2.52. The number of fused-ring (bicyclic) bond motifs is 2. The quantitative estimate of drug-likeness (QED) is 0.796. The lowest BCUT2D eigenvalue weighted by atomic mass is 9.67. The van der Waals surface area contributed by atoms with E-state index in [2.05, 4.69) is 10.6 Å². The molecule has 1 amide bonds. The van der Waals surface area contributed by atoms with Crippen LogP contribution in [-0.2, 0) is 10.2 Å². The van der Waals surface area contributed by atoms with Gasteiger partial charge >= 0.3 is 0 Å². The lowest BCUT2D eigenvalue weighted by molar-refractivity contribution is -0.123. The number of nitrogens with one attached hydrogen (secondary N) is 2. The van der Waals surface area contributed by atoms with Gasteiger partial charge in [-0.2, -0.15) is 0 Å². The van der Waals surface area contributed by atoms with Crippen molar-refractivity contribution in [2.75, 3.05) is 11.9 Å². The standard InChI is InChI=1S/C19H17ClF2N2O/c1-10-3-6-13(21)16(22)15(10)17-19(7-2-8-23-17)12-5-4-11(20)9-14(12)24-18(19)25/h3-6,9,17,23H,2,7-8H2,1H3,(H,24,25)/t17-,19-/m1/s1. The average Bonchev–Trinajstić information content (AvgIpc) is 2.85. The maximum Gasteiger partial charge on any atom is 0.237 e. The molecule has 2 heterocycles. The molecule has 2 aromatic carbocycles. The lowest BCUT2D eigenvalue weighted by Gasteiger charge is -2.41. The fraction of sp³-hybridized carbons (Fsp3) is 0.316. The van der Waals surface area contributed by atoms with Gasteiger partial charge in [0.25, 0.3) is 0 Å². The minimum Gasteiger partial charge on any atom is -0.325 e. The van der Waals surface area contributed by atoms with E-state index < -0.39 is 23.1 Å². The summed E-state index contributed by atoms with van der Waals surface area (Å²) in [6.45, 7) is 2.37. The van der Waals surface area contributed by atoms with Gasteiger partial charge < -0.3 is 10.6 Å². The molecule has 0 aliphatic carbocycles. The minimum absolute atomic E-state index is 0.204. The predicted octanol–water partition coefficient (Wildman–Crippen LogP) is 4.24. The molecule has 1 spiro atoms. The molecule has 1 saturated heterocycles. The van der Waals surface area contributed by atoms with Gasteiger partial charge in [0.05, 0.1) is 11.5 Å². The zero-order valence-corrected chi connectivity index (χ0v) is 14.4. The molecule has 2 aromatic rings. The van der Waals surface area contributed by atoms with Crippen LogP contribution in [0.25, 0.3) is 0 Å². The molecule has 2 aliphatic rings. The molecule has 2 N–H and O–H groups in total. The summed E-state index contributed by atoms with van der Waals surface area (Å²) in [5.74, 6) is -2.00. The number of rotatable bonds is 1. The van der Waals surface area contributed by atoms with Gasteiger partial charge in [0, 0.05) is 16.3 Å². The molecular weight excluding hydrogens is 346 g/mol. The van der Waals surface area contributed by atoms with E-state index in [4.69, 9.17) is 11.6 Å².